The molecule has 1 aromatic carbocycles. The van der Waals surface area contributed by atoms with Gasteiger partial charge in [-0.1, -0.05) is 78.1 Å². The molecule has 0 radical (unpaired) electrons. The van der Waals surface area contributed by atoms with Gasteiger partial charge in [0.25, 0.3) is 5.91 Å². The average molecular weight is 670 g/mol. The number of thioether (sulfide) groups is 2. The van der Waals surface area contributed by atoms with Crippen molar-refractivity contribution in [2.24, 2.45) is 5.92 Å². The highest BCUT2D eigenvalue weighted by Gasteiger charge is 2.55. The molecule has 0 aliphatic heterocycles. The molecule has 0 bridgehead atoms. The van der Waals surface area contributed by atoms with Crippen molar-refractivity contribution in [1.82, 2.24) is 5.32 Å². The van der Waals surface area contributed by atoms with Gasteiger partial charge < -0.3 is 14.4 Å². The maximum atomic E-state index is 15.6. The van der Waals surface area contributed by atoms with Gasteiger partial charge in [-0.05, 0) is 42.3 Å². The third-order valence-electron chi connectivity index (χ3n) is 4.78. The molecule has 13 heteroatoms. The number of amides is 1. The van der Waals surface area contributed by atoms with Gasteiger partial charge in [-0.2, -0.15) is 8.78 Å². The molecule has 0 unspecified atom stereocenters. The third-order valence-corrected chi connectivity index (χ3v) is 9.68. The van der Waals surface area contributed by atoms with Crippen LogP contribution in [0.25, 0.3) is 10.1 Å². The van der Waals surface area contributed by atoms with Gasteiger partial charge >= 0.3 is 13.3 Å². The van der Waals surface area contributed by atoms with Gasteiger partial charge in [-0.25, -0.2) is 0 Å². The minimum absolute atomic E-state index is 0.0467. The highest BCUT2D eigenvalue weighted by Crippen LogP contribution is 2.67. The van der Waals surface area contributed by atoms with E-state index in [1.165, 1.54) is 19.2 Å². The summed E-state index contributed by atoms with van der Waals surface area (Å²) in [5.74, 6) is 0.586. The SMILES string of the molecule is CC.CC(C)C.CCCC(=O)SCCOP(=O)(OCCSC(=O)CCC)C(F)(F)c1ccc2sc(C(=O)NC)cc2c1. The summed E-state index contributed by atoms with van der Waals surface area (Å²) in [5, 5.41) is 2.67. The van der Waals surface area contributed by atoms with Crippen molar-refractivity contribution < 1.29 is 36.8 Å². The fraction of sp³-hybridized carbons (Fsp3) is 0.621. The zero-order chi connectivity index (χ0) is 32.3. The van der Waals surface area contributed by atoms with Crippen molar-refractivity contribution in [2.75, 3.05) is 31.8 Å². The fourth-order valence-electron chi connectivity index (χ4n) is 3.00. The molecule has 7 nitrogen and oxygen atoms in total. The van der Waals surface area contributed by atoms with Crippen molar-refractivity contribution in [3.63, 3.8) is 0 Å². The zero-order valence-corrected chi connectivity index (χ0v) is 29.3. The van der Waals surface area contributed by atoms with Crippen LogP contribution in [0.4, 0.5) is 8.78 Å². The molecule has 1 heterocycles. The van der Waals surface area contributed by atoms with Crippen LogP contribution in [0.1, 0.15) is 89.4 Å². The number of benzene rings is 1. The van der Waals surface area contributed by atoms with Crippen LogP contribution in [0, 0.1) is 5.92 Å². The first kappa shape index (κ1) is 40.7. The minimum Gasteiger partial charge on any atom is -0.354 e. The lowest BCUT2D eigenvalue weighted by Crippen LogP contribution is -2.20. The molecule has 240 valence electrons. The second-order valence-corrected chi connectivity index (χ2v) is 14.8. The Labute approximate surface area is 262 Å². The normalized spacial score (nSPS) is 11.4. The maximum Gasteiger partial charge on any atom is 0.404 e. The standard InChI is InChI=1S/C23H30F2NO6PS3.C4H10.C2H6/c1-4-6-20(27)34-12-10-31-33(30,32-11-13-35-21(28)7-5-2)23(24,25)17-8-9-18-16(14-17)15-19(36-18)22(29)26-3;1-4(2)3;1-2/h8-9,14-15H,4-7,10-13H2,1-3H3,(H,26,29);4H,1-3H3;1-2H3. The lowest BCUT2D eigenvalue weighted by Gasteiger charge is -2.26. The molecular formula is C29H46F2NO6PS3. The van der Waals surface area contributed by atoms with E-state index in [0.717, 1.165) is 52.9 Å². The summed E-state index contributed by atoms with van der Waals surface area (Å²) in [5.41, 5.74) is -4.59. The highest BCUT2D eigenvalue weighted by atomic mass is 32.2. The quantitative estimate of drug-likeness (QED) is 0.148. The molecule has 1 N–H and O–H groups in total. The van der Waals surface area contributed by atoms with E-state index in [1.807, 2.05) is 27.7 Å². The van der Waals surface area contributed by atoms with Gasteiger partial charge in [0.15, 0.2) is 10.2 Å². The van der Waals surface area contributed by atoms with Gasteiger partial charge in [0.2, 0.25) is 0 Å². The summed E-state index contributed by atoms with van der Waals surface area (Å²) in [7, 11) is -3.58. The van der Waals surface area contributed by atoms with Crippen LogP contribution < -0.4 is 5.32 Å². The molecule has 0 saturated heterocycles. The molecule has 0 aliphatic rings. The van der Waals surface area contributed by atoms with Crippen LogP contribution in [0.2, 0.25) is 0 Å². The van der Waals surface area contributed by atoms with E-state index in [1.54, 1.807) is 0 Å². The van der Waals surface area contributed by atoms with Crippen LogP contribution in [-0.4, -0.2) is 47.9 Å². The first-order chi connectivity index (χ1) is 19.8. The van der Waals surface area contributed by atoms with Crippen molar-refractivity contribution in [2.45, 2.75) is 79.8 Å². The van der Waals surface area contributed by atoms with Gasteiger partial charge in [0.05, 0.1) is 18.1 Å². The summed E-state index contributed by atoms with van der Waals surface area (Å²) in [6.07, 6.45) is 2.01. The van der Waals surface area contributed by atoms with Crippen LogP contribution in [-0.2, 0) is 28.9 Å². The Morgan fingerprint density at radius 2 is 1.43 bits per heavy atom. The van der Waals surface area contributed by atoms with Gasteiger partial charge in [0, 0.05) is 41.7 Å². The van der Waals surface area contributed by atoms with Crippen LogP contribution in [0.5, 0.6) is 0 Å². The second-order valence-electron chi connectivity index (χ2n) is 9.32. The van der Waals surface area contributed by atoms with E-state index in [9.17, 15) is 18.9 Å². The Bertz CT molecular complexity index is 1130. The Hall–Kier alpha value is -1.30. The lowest BCUT2D eigenvalue weighted by atomic mass is 10.1. The molecule has 0 spiro atoms. The molecule has 0 atom stereocenters. The first-order valence-corrected chi connectivity index (χ1v) is 18.5. The minimum atomic E-state index is -5.05. The number of carbonyl (C=O) groups is 3. The number of alkyl halides is 2. The van der Waals surface area contributed by atoms with Gasteiger partial charge in [0.1, 0.15) is 0 Å². The molecule has 0 aliphatic carbocycles. The lowest BCUT2D eigenvalue weighted by molar-refractivity contribution is -0.111. The highest BCUT2D eigenvalue weighted by molar-refractivity contribution is 8.13. The molecular weight excluding hydrogens is 623 g/mol. The molecule has 2 aromatic rings. The van der Waals surface area contributed by atoms with Crippen LogP contribution in [0.15, 0.2) is 24.3 Å². The Morgan fingerprint density at radius 3 is 1.86 bits per heavy atom. The average Bonchev–Trinajstić information content (AvgIpc) is 3.38. The maximum absolute atomic E-state index is 15.6. The third kappa shape index (κ3) is 14.0. The summed E-state index contributed by atoms with van der Waals surface area (Å²) in [6.45, 7) is 13.4. The van der Waals surface area contributed by atoms with Gasteiger partial charge in [-0.3, -0.25) is 18.9 Å². The molecule has 2 rings (SSSR count). The molecule has 0 saturated carbocycles. The fourth-order valence-corrected chi connectivity index (χ4v) is 7.24. The second kappa shape index (κ2) is 21.4. The number of fused-ring (bicyclic) bond motifs is 1. The molecule has 1 amide bonds. The molecule has 1 aromatic heterocycles. The van der Waals surface area contributed by atoms with Crippen molar-refractivity contribution in [3.05, 3.63) is 34.7 Å². The van der Waals surface area contributed by atoms with Crippen LogP contribution >= 0.6 is 42.5 Å². The van der Waals surface area contributed by atoms with Crippen molar-refractivity contribution in [3.8, 4) is 0 Å². The molecule has 42 heavy (non-hydrogen) atoms. The zero-order valence-electron chi connectivity index (χ0n) is 25.9. The topological polar surface area (TPSA) is 98.8 Å². The van der Waals surface area contributed by atoms with E-state index < -0.39 is 18.8 Å². The summed E-state index contributed by atoms with van der Waals surface area (Å²) < 4.78 is 55.6. The first-order valence-electron chi connectivity index (χ1n) is 14.2. The van der Waals surface area contributed by atoms with E-state index in [4.69, 9.17) is 9.05 Å². The number of halogens is 2. The number of thiophene rings is 1. The van der Waals surface area contributed by atoms with E-state index in [-0.39, 0.29) is 40.9 Å². The monoisotopic (exact) mass is 669 g/mol. The summed E-state index contributed by atoms with van der Waals surface area (Å²) in [4.78, 5) is 35.7. The van der Waals surface area contributed by atoms with E-state index >= 15 is 8.78 Å². The predicted octanol–water partition coefficient (Wildman–Crippen LogP) is 9.34. The molecule has 0 fully saturated rings. The number of hydrogen-bond acceptors (Lipinski definition) is 9. The largest absolute Gasteiger partial charge is 0.404 e. The van der Waals surface area contributed by atoms with E-state index in [2.05, 4.69) is 26.1 Å². The number of carbonyl (C=O) groups excluding carboxylic acids is 3. The van der Waals surface area contributed by atoms with Gasteiger partial charge in [-0.15, -0.1) is 11.3 Å². The Kier molecular flexibility index (Phi) is 20.7. The number of rotatable bonds is 15. The number of nitrogens with one attached hydrogen (secondary N) is 1. The summed E-state index contributed by atoms with van der Waals surface area (Å²) in [6, 6.07) is 5.21. The Balaban J connectivity index is 0.00000257. The smallest absolute Gasteiger partial charge is 0.354 e. The Morgan fingerprint density at radius 1 is 0.952 bits per heavy atom. The van der Waals surface area contributed by atoms with Crippen molar-refractivity contribution >= 4 is 68.7 Å². The van der Waals surface area contributed by atoms with Crippen LogP contribution in [0.3, 0.4) is 0 Å². The predicted molar refractivity (Wildman–Crippen MR) is 175 cm³/mol. The number of hydrogen-bond donors (Lipinski definition) is 1. The van der Waals surface area contributed by atoms with E-state index in [0.29, 0.717) is 40.6 Å². The van der Waals surface area contributed by atoms with Crippen molar-refractivity contribution in [1.29, 1.82) is 0 Å². The summed E-state index contributed by atoms with van der Waals surface area (Å²) >= 11 is 2.99.